The maximum Gasteiger partial charge on any atom is 0.339 e. The summed E-state index contributed by atoms with van der Waals surface area (Å²) in [7, 11) is 3.06. The van der Waals surface area contributed by atoms with Crippen LogP contribution in [0.1, 0.15) is 17.3 Å². The lowest BCUT2D eigenvalue weighted by molar-refractivity contribution is -0.127. The van der Waals surface area contributed by atoms with Crippen molar-refractivity contribution in [2.24, 2.45) is 5.73 Å². The van der Waals surface area contributed by atoms with Gasteiger partial charge in [0.1, 0.15) is 0 Å². The van der Waals surface area contributed by atoms with Crippen LogP contribution in [0.4, 0.5) is 4.79 Å². The molecule has 1 unspecified atom stereocenters. The highest BCUT2D eigenvalue weighted by Gasteiger charge is 2.22. The topological polar surface area (TPSA) is 130 Å². The van der Waals surface area contributed by atoms with Crippen LogP contribution in [0.5, 0.6) is 11.5 Å². The fraction of sp³-hybridized carbons (Fsp3) is 0.182. The summed E-state index contributed by atoms with van der Waals surface area (Å²) in [6, 6.07) is 12.9. The number of carbonyl (C=O) groups is 3. The molecule has 1 aromatic heterocycles. The second-order valence-electron chi connectivity index (χ2n) is 6.54. The summed E-state index contributed by atoms with van der Waals surface area (Å²) in [6.45, 7) is 1.34. The van der Waals surface area contributed by atoms with Crippen LogP contribution in [0.15, 0.2) is 48.5 Å². The number of fused-ring (bicyclic) bond motifs is 1. The Bertz CT molecular complexity index is 1160. The Morgan fingerprint density at radius 2 is 1.71 bits per heavy atom. The van der Waals surface area contributed by atoms with Crippen LogP contribution in [0.3, 0.4) is 0 Å². The number of urea groups is 1. The van der Waals surface area contributed by atoms with Crippen LogP contribution in [-0.2, 0) is 9.53 Å². The minimum Gasteiger partial charge on any atom is -0.493 e. The van der Waals surface area contributed by atoms with E-state index >= 15 is 0 Å². The molecule has 9 heteroatoms. The number of esters is 1. The number of aromatic nitrogens is 1. The summed E-state index contributed by atoms with van der Waals surface area (Å²) in [5.41, 5.74) is 6.91. The van der Waals surface area contributed by atoms with E-state index in [9.17, 15) is 14.4 Å². The van der Waals surface area contributed by atoms with E-state index in [0.29, 0.717) is 33.7 Å². The quantitative estimate of drug-likeness (QED) is 0.583. The molecule has 2 aromatic carbocycles. The van der Waals surface area contributed by atoms with Crippen molar-refractivity contribution in [2.45, 2.75) is 13.0 Å². The standard InChI is InChI=1S/C22H21N3O6/c1-12(20(26)25-22(23)28)31-21(27)15-11-17(24-16-7-5-4-6-14(15)16)13-8-9-18(29-2)19(10-13)30-3/h4-12H,1-3H3,(H3,23,25,26,28). The molecule has 0 bridgehead atoms. The van der Waals surface area contributed by atoms with Gasteiger partial charge in [-0.25, -0.2) is 14.6 Å². The lowest BCUT2D eigenvalue weighted by Crippen LogP contribution is -2.42. The smallest absolute Gasteiger partial charge is 0.339 e. The van der Waals surface area contributed by atoms with Crippen LogP contribution < -0.4 is 20.5 Å². The van der Waals surface area contributed by atoms with Gasteiger partial charge in [0.25, 0.3) is 5.91 Å². The summed E-state index contributed by atoms with van der Waals surface area (Å²) < 4.78 is 15.9. The number of hydrogen-bond donors (Lipinski definition) is 2. The number of ether oxygens (including phenoxy) is 3. The Balaban J connectivity index is 2.03. The fourth-order valence-electron chi connectivity index (χ4n) is 2.99. The van der Waals surface area contributed by atoms with Crippen molar-refractivity contribution in [3.05, 3.63) is 54.1 Å². The average Bonchev–Trinajstić information content (AvgIpc) is 2.77. The molecule has 9 nitrogen and oxygen atoms in total. The highest BCUT2D eigenvalue weighted by molar-refractivity contribution is 6.06. The maximum absolute atomic E-state index is 12.9. The summed E-state index contributed by atoms with van der Waals surface area (Å²) in [5.74, 6) is -0.497. The first-order valence-corrected chi connectivity index (χ1v) is 9.27. The molecule has 3 rings (SSSR count). The third kappa shape index (κ3) is 4.72. The van der Waals surface area contributed by atoms with Gasteiger partial charge in [-0.2, -0.15) is 0 Å². The second kappa shape index (κ2) is 9.12. The van der Waals surface area contributed by atoms with Crippen molar-refractivity contribution in [3.63, 3.8) is 0 Å². The van der Waals surface area contributed by atoms with Gasteiger partial charge in [0.05, 0.1) is 31.0 Å². The number of rotatable bonds is 6. The van der Waals surface area contributed by atoms with Crippen molar-refractivity contribution in [1.82, 2.24) is 10.3 Å². The molecule has 31 heavy (non-hydrogen) atoms. The number of primary amides is 1. The Morgan fingerprint density at radius 3 is 2.39 bits per heavy atom. The van der Waals surface area contributed by atoms with E-state index in [0.717, 1.165) is 0 Å². The monoisotopic (exact) mass is 423 g/mol. The van der Waals surface area contributed by atoms with Gasteiger partial charge < -0.3 is 19.9 Å². The number of nitrogens with one attached hydrogen (secondary N) is 1. The number of nitrogens with zero attached hydrogens (tertiary/aromatic N) is 1. The van der Waals surface area contributed by atoms with Crippen LogP contribution in [0, 0.1) is 0 Å². The summed E-state index contributed by atoms with van der Waals surface area (Å²) in [4.78, 5) is 40.2. The molecule has 3 aromatic rings. The zero-order valence-electron chi connectivity index (χ0n) is 17.2. The molecule has 0 spiro atoms. The molecule has 0 aliphatic heterocycles. The van der Waals surface area contributed by atoms with Crippen LogP contribution >= 0.6 is 0 Å². The van der Waals surface area contributed by atoms with Gasteiger partial charge >= 0.3 is 12.0 Å². The van der Waals surface area contributed by atoms with Gasteiger partial charge in [0.15, 0.2) is 17.6 Å². The number of para-hydroxylation sites is 1. The minimum atomic E-state index is -1.23. The number of amides is 3. The lowest BCUT2D eigenvalue weighted by Gasteiger charge is -2.14. The Labute approximate surface area is 178 Å². The molecule has 3 N–H and O–H groups in total. The first-order chi connectivity index (χ1) is 14.8. The molecule has 1 heterocycles. The number of benzene rings is 2. The maximum atomic E-state index is 12.9. The molecule has 0 aliphatic carbocycles. The molecule has 1 atom stereocenters. The molecule has 160 valence electrons. The van der Waals surface area contributed by atoms with Gasteiger partial charge in [0, 0.05) is 10.9 Å². The first kappa shape index (κ1) is 21.6. The van der Waals surface area contributed by atoms with E-state index in [1.54, 1.807) is 48.5 Å². The Hall–Kier alpha value is -4.14. The SMILES string of the molecule is COc1ccc(-c2cc(C(=O)OC(C)C(=O)NC(N)=O)c3ccccc3n2)cc1OC. The minimum absolute atomic E-state index is 0.217. The summed E-state index contributed by atoms with van der Waals surface area (Å²) in [6.07, 6.45) is -1.23. The highest BCUT2D eigenvalue weighted by atomic mass is 16.5. The zero-order valence-corrected chi connectivity index (χ0v) is 17.2. The number of hydrogen-bond acceptors (Lipinski definition) is 7. The van der Waals surface area contributed by atoms with E-state index in [1.807, 2.05) is 5.32 Å². The van der Waals surface area contributed by atoms with Crippen LogP contribution in [0.2, 0.25) is 0 Å². The van der Waals surface area contributed by atoms with Gasteiger partial charge in [-0.05, 0) is 37.3 Å². The third-order valence-electron chi connectivity index (χ3n) is 4.51. The van der Waals surface area contributed by atoms with Gasteiger partial charge in [-0.15, -0.1) is 0 Å². The summed E-state index contributed by atoms with van der Waals surface area (Å²) in [5, 5.41) is 2.44. The van der Waals surface area contributed by atoms with E-state index in [2.05, 4.69) is 4.98 Å². The average molecular weight is 423 g/mol. The van der Waals surface area contributed by atoms with Gasteiger partial charge in [-0.1, -0.05) is 18.2 Å². The molecular formula is C22H21N3O6. The second-order valence-corrected chi connectivity index (χ2v) is 6.54. The van der Waals surface area contributed by atoms with E-state index in [-0.39, 0.29) is 5.56 Å². The molecular weight excluding hydrogens is 402 g/mol. The molecule has 0 saturated heterocycles. The van der Waals surface area contributed by atoms with E-state index in [4.69, 9.17) is 19.9 Å². The van der Waals surface area contributed by atoms with E-state index < -0.39 is 24.0 Å². The zero-order chi connectivity index (χ0) is 22.5. The van der Waals surface area contributed by atoms with Crippen molar-refractivity contribution in [2.75, 3.05) is 14.2 Å². The molecule has 3 amide bonds. The third-order valence-corrected chi connectivity index (χ3v) is 4.51. The number of carbonyl (C=O) groups excluding carboxylic acids is 3. The van der Waals surface area contributed by atoms with Crippen molar-refractivity contribution in [1.29, 1.82) is 0 Å². The van der Waals surface area contributed by atoms with Crippen molar-refractivity contribution < 1.29 is 28.6 Å². The number of nitrogens with two attached hydrogens (primary N) is 1. The number of methoxy groups -OCH3 is 2. The number of pyridine rings is 1. The van der Waals surface area contributed by atoms with Crippen LogP contribution in [0.25, 0.3) is 22.2 Å². The summed E-state index contributed by atoms with van der Waals surface area (Å²) >= 11 is 0. The highest BCUT2D eigenvalue weighted by Crippen LogP contribution is 2.33. The number of imide groups is 1. The Morgan fingerprint density at radius 1 is 1.00 bits per heavy atom. The normalized spacial score (nSPS) is 11.5. The lowest BCUT2D eigenvalue weighted by atomic mass is 10.0. The van der Waals surface area contributed by atoms with Crippen LogP contribution in [-0.4, -0.2) is 43.2 Å². The molecule has 0 radical (unpaired) electrons. The predicted molar refractivity (Wildman–Crippen MR) is 113 cm³/mol. The van der Waals surface area contributed by atoms with Gasteiger partial charge in [0.2, 0.25) is 0 Å². The Kier molecular flexibility index (Phi) is 6.35. The fourth-order valence-corrected chi connectivity index (χ4v) is 2.99. The van der Waals surface area contributed by atoms with Gasteiger partial charge in [-0.3, -0.25) is 10.1 Å². The van der Waals surface area contributed by atoms with Crippen molar-refractivity contribution in [3.8, 4) is 22.8 Å². The first-order valence-electron chi connectivity index (χ1n) is 9.27. The van der Waals surface area contributed by atoms with E-state index in [1.165, 1.54) is 21.1 Å². The largest absolute Gasteiger partial charge is 0.493 e. The molecule has 0 saturated carbocycles. The predicted octanol–water partition coefficient (Wildman–Crippen LogP) is 2.66. The van der Waals surface area contributed by atoms with Crippen molar-refractivity contribution >= 4 is 28.8 Å². The molecule has 0 aliphatic rings. The molecule has 0 fully saturated rings.